The van der Waals surface area contributed by atoms with E-state index >= 15 is 0 Å². The zero-order valence-corrected chi connectivity index (χ0v) is 50.6. The Labute approximate surface area is 467 Å². The van der Waals surface area contributed by atoms with Gasteiger partial charge in [0.1, 0.15) is 13.2 Å². The van der Waals surface area contributed by atoms with E-state index in [9.17, 15) is 14.4 Å². The average molecular weight is 1050 g/mol. The monoisotopic (exact) mass is 1050 g/mol. The van der Waals surface area contributed by atoms with E-state index in [1.807, 2.05) is 0 Å². The van der Waals surface area contributed by atoms with E-state index in [2.05, 4.69) is 57.2 Å². The average Bonchev–Trinajstić information content (AvgIpc) is 3.41. The highest BCUT2D eigenvalue weighted by atomic mass is 16.6. The van der Waals surface area contributed by atoms with Crippen molar-refractivity contribution in [3.05, 3.63) is 36.5 Å². The molecule has 6 nitrogen and oxygen atoms in total. The summed E-state index contributed by atoms with van der Waals surface area (Å²) in [6.07, 6.45) is 78.7. The van der Waals surface area contributed by atoms with Gasteiger partial charge in [0.15, 0.2) is 6.10 Å². The van der Waals surface area contributed by atoms with Gasteiger partial charge in [-0.1, -0.05) is 288 Å². The molecule has 440 valence electrons. The van der Waals surface area contributed by atoms with E-state index in [0.29, 0.717) is 19.3 Å². The van der Waals surface area contributed by atoms with Gasteiger partial charge >= 0.3 is 17.9 Å². The van der Waals surface area contributed by atoms with Crippen molar-refractivity contribution in [2.75, 3.05) is 13.2 Å². The third-order valence-electron chi connectivity index (χ3n) is 15.1. The summed E-state index contributed by atoms with van der Waals surface area (Å²) in [6, 6.07) is 0. The molecule has 75 heavy (non-hydrogen) atoms. The zero-order chi connectivity index (χ0) is 54.3. The van der Waals surface area contributed by atoms with Crippen LogP contribution in [0.2, 0.25) is 0 Å². The van der Waals surface area contributed by atoms with Crippen molar-refractivity contribution < 1.29 is 28.6 Å². The summed E-state index contributed by atoms with van der Waals surface area (Å²) < 4.78 is 17.0. The second kappa shape index (κ2) is 64.2. The van der Waals surface area contributed by atoms with Gasteiger partial charge < -0.3 is 14.2 Å². The highest BCUT2D eigenvalue weighted by molar-refractivity contribution is 5.71. The first-order valence-electron chi connectivity index (χ1n) is 33.5. The Morgan fingerprint density at radius 1 is 0.253 bits per heavy atom. The van der Waals surface area contributed by atoms with Crippen LogP contribution in [0.15, 0.2) is 36.5 Å². The second-order valence-electron chi connectivity index (χ2n) is 22.7. The van der Waals surface area contributed by atoms with Crippen molar-refractivity contribution in [2.45, 2.75) is 374 Å². The number of esters is 3. The zero-order valence-electron chi connectivity index (χ0n) is 50.6. The van der Waals surface area contributed by atoms with Crippen molar-refractivity contribution in [3.63, 3.8) is 0 Å². The van der Waals surface area contributed by atoms with Crippen molar-refractivity contribution >= 4 is 17.9 Å². The first kappa shape index (κ1) is 72.6. The molecule has 0 radical (unpaired) electrons. The fourth-order valence-corrected chi connectivity index (χ4v) is 10.0. The van der Waals surface area contributed by atoms with Crippen molar-refractivity contribution in [1.29, 1.82) is 0 Å². The van der Waals surface area contributed by atoms with Crippen molar-refractivity contribution in [2.24, 2.45) is 0 Å². The molecule has 0 saturated carbocycles. The van der Waals surface area contributed by atoms with Crippen molar-refractivity contribution in [3.8, 4) is 0 Å². The summed E-state index contributed by atoms with van der Waals surface area (Å²) in [4.78, 5) is 38.4. The van der Waals surface area contributed by atoms with Gasteiger partial charge in [0.2, 0.25) is 0 Å². The van der Waals surface area contributed by atoms with Crippen LogP contribution in [0.4, 0.5) is 0 Å². The van der Waals surface area contributed by atoms with E-state index in [-0.39, 0.29) is 31.1 Å². The van der Waals surface area contributed by atoms with Gasteiger partial charge in [0.05, 0.1) is 0 Å². The van der Waals surface area contributed by atoms with Gasteiger partial charge in [0.25, 0.3) is 0 Å². The Bertz CT molecular complexity index is 1250. The smallest absolute Gasteiger partial charge is 0.306 e. The molecular weight excluding hydrogens is 925 g/mol. The number of carbonyl (C=O) groups is 3. The van der Waals surface area contributed by atoms with Gasteiger partial charge in [0, 0.05) is 19.3 Å². The topological polar surface area (TPSA) is 78.9 Å². The molecule has 0 bridgehead atoms. The Hall–Kier alpha value is -2.37. The Morgan fingerprint density at radius 3 is 0.667 bits per heavy atom. The molecule has 0 unspecified atom stereocenters. The van der Waals surface area contributed by atoms with Crippen LogP contribution in [0.5, 0.6) is 0 Å². The lowest BCUT2D eigenvalue weighted by atomic mass is 10.0. The Kier molecular flexibility index (Phi) is 62.1. The van der Waals surface area contributed by atoms with Crippen LogP contribution in [0, 0.1) is 0 Å². The Morgan fingerprint density at radius 2 is 0.440 bits per heavy atom. The molecule has 0 aliphatic rings. The van der Waals surface area contributed by atoms with E-state index < -0.39 is 6.10 Å². The molecule has 0 aromatic heterocycles. The highest BCUT2D eigenvalue weighted by Gasteiger charge is 2.19. The third-order valence-corrected chi connectivity index (χ3v) is 15.1. The fourth-order valence-electron chi connectivity index (χ4n) is 10.0. The Balaban J connectivity index is 4.31. The van der Waals surface area contributed by atoms with Crippen LogP contribution in [0.1, 0.15) is 367 Å². The quantitative estimate of drug-likeness (QED) is 0.0261. The predicted octanol–water partition coefficient (Wildman–Crippen LogP) is 22.8. The van der Waals surface area contributed by atoms with Crippen LogP contribution in [0.25, 0.3) is 0 Å². The number of rotatable bonds is 62. The maximum atomic E-state index is 12.9. The molecular formula is C69H128O6. The largest absolute Gasteiger partial charge is 0.462 e. The maximum absolute atomic E-state index is 12.9. The molecule has 0 aromatic rings. The lowest BCUT2D eigenvalue weighted by Gasteiger charge is -2.18. The number of ether oxygens (including phenoxy) is 3. The fraction of sp³-hybridized carbons (Fsp3) is 0.870. The van der Waals surface area contributed by atoms with Gasteiger partial charge in [-0.2, -0.15) is 0 Å². The molecule has 0 rings (SSSR count). The van der Waals surface area contributed by atoms with E-state index in [0.717, 1.165) is 64.2 Å². The van der Waals surface area contributed by atoms with Gasteiger partial charge in [-0.25, -0.2) is 0 Å². The van der Waals surface area contributed by atoms with Crippen LogP contribution in [-0.2, 0) is 28.6 Å². The first-order valence-corrected chi connectivity index (χ1v) is 33.5. The number of carbonyl (C=O) groups excluding carboxylic acids is 3. The molecule has 0 saturated heterocycles. The maximum Gasteiger partial charge on any atom is 0.306 e. The number of unbranched alkanes of at least 4 members (excludes halogenated alkanes) is 45. The minimum absolute atomic E-state index is 0.0719. The van der Waals surface area contributed by atoms with E-state index in [1.165, 1.54) is 263 Å². The molecule has 0 N–H and O–H groups in total. The van der Waals surface area contributed by atoms with E-state index in [4.69, 9.17) is 14.2 Å². The second-order valence-corrected chi connectivity index (χ2v) is 22.7. The molecule has 0 heterocycles. The minimum atomic E-state index is -0.776. The summed E-state index contributed by atoms with van der Waals surface area (Å²) in [5.74, 6) is -0.857. The first-order chi connectivity index (χ1) is 37.0. The molecule has 0 aliphatic heterocycles. The molecule has 0 aromatic carbocycles. The number of hydrogen-bond acceptors (Lipinski definition) is 6. The van der Waals surface area contributed by atoms with Crippen LogP contribution >= 0.6 is 0 Å². The standard InChI is InChI=1S/C69H128O6/c1-4-7-10-13-16-19-22-25-28-30-32-34-36-38-41-44-47-50-53-56-59-62-68(71)74-65-66(64-73-67(70)61-58-55-52-49-46-43-40-27-24-21-18-15-12-9-6-3)75-69(72)63-60-57-54-51-48-45-42-39-37-35-33-31-29-26-23-20-17-14-11-8-5-2/h25-29,40,66H,4-24,30-39,41-65H2,1-3H3/b28-25-,29-26-,40-27-/t66-/m0/s1. The third kappa shape index (κ3) is 62.4. The molecule has 0 spiro atoms. The SMILES string of the molecule is CCCCCCCC/C=C\CCCCCCCCCCCCCC(=O)OC[C@H](COC(=O)CCCCCCC/C=C\CCCCCCCC)OC(=O)CCCCCCCCCCCCC/C=C\CCCCCCCC. The lowest BCUT2D eigenvalue weighted by Crippen LogP contribution is -2.30. The lowest BCUT2D eigenvalue weighted by molar-refractivity contribution is -0.167. The van der Waals surface area contributed by atoms with Crippen molar-refractivity contribution in [1.82, 2.24) is 0 Å². The highest BCUT2D eigenvalue weighted by Crippen LogP contribution is 2.17. The summed E-state index contributed by atoms with van der Waals surface area (Å²) >= 11 is 0. The summed E-state index contributed by atoms with van der Waals surface area (Å²) in [5.41, 5.74) is 0. The van der Waals surface area contributed by atoms with Gasteiger partial charge in [-0.15, -0.1) is 0 Å². The van der Waals surface area contributed by atoms with Gasteiger partial charge in [-0.05, 0) is 96.3 Å². The molecule has 0 fully saturated rings. The summed E-state index contributed by atoms with van der Waals surface area (Å²) in [6.45, 7) is 6.68. The predicted molar refractivity (Wildman–Crippen MR) is 326 cm³/mol. The van der Waals surface area contributed by atoms with Gasteiger partial charge in [-0.3, -0.25) is 14.4 Å². The molecule has 6 heteroatoms. The number of allylic oxidation sites excluding steroid dienone is 6. The molecule has 0 amide bonds. The summed E-state index contributed by atoms with van der Waals surface area (Å²) in [5, 5.41) is 0. The molecule has 0 aliphatic carbocycles. The van der Waals surface area contributed by atoms with Crippen LogP contribution in [0.3, 0.4) is 0 Å². The summed E-state index contributed by atoms with van der Waals surface area (Å²) in [7, 11) is 0. The molecule has 1 atom stereocenters. The van der Waals surface area contributed by atoms with Crippen LogP contribution in [-0.4, -0.2) is 37.2 Å². The van der Waals surface area contributed by atoms with E-state index in [1.54, 1.807) is 0 Å². The van der Waals surface area contributed by atoms with Crippen LogP contribution < -0.4 is 0 Å². The number of hydrogen-bond donors (Lipinski definition) is 0. The minimum Gasteiger partial charge on any atom is -0.462 e. The normalized spacial score (nSPS) is 12.2.